The highest BCUT2D eigenvalue weighted by Crippen LogP contribution is 2.36. The Morgan fingerprint density at radius 2 is 1.60 bits per heavy atom. The van der Waals surface area contributed by atoms with Gasteiger partial charge < -0.3 is 4.18 Å². The molecule has 0 saturated heterocycles. The van der Waals surface area contributed by atoms with E-state index in [2.05, 4.69) is 4.72 Å². The normalized spacial score (nSPS) is 15.2. The Kier molecular flexibility index (Phi) is 3.78. The van der Waals surface area contributed by atoms with Crippen molar-refractivity contribution >= 4 is 10.3 Å². The van der Waals surface area contributed by atoms with Gasteiger partial charge in [0, 0.05) is 17.7 Å². The van der Waals surface area contributed by atoms with Crippen LogP contribution in [0, 0.1) is 5.82 Å². The second-order valence-electron chi connectivity index (χ2n) is 5.74. The molecule has 0 radical (unpaired) electrons. The topological polar surface area (TPSA) is 55.4 Å². The van der Waals surface area contributed by atoms with E-state index in [4.69, 9.17) is 4.18 Å². The van der Waals surface area contributed by atoms with E-state index in [1.807, 2.05) is 48.5 Å². The van der Waals surface area contributed by atoms with Gasteiger partial charge in [0.2, 0.25) is 0 Å². The molecule has 1 heterocycles. The van der Waals surface area contributed by atoms with Crippen molar-refractivity contribution < 1.29 is 17.0 Å². The van der Waals surface area contributed by atoms with Crippen LogP contribution >= 0.6 is 0 Å². The van der Waals surface area contributed by atoms with Crippen molar-refractivity contribution in [2.45, 2.75) is 6.54 Å². The molecular formula is C19H14FNO3S. The van der Waals surface area contributed by atoms with E-state index >= 15 is 0 Å². The monoisotopic (exact) mass is 355 g/mol. The van der Waals surface area contributed by atoms with Crippen LogP contribution in [0.2, 0.25) is 0 Å². The molecule has 1 aliphatic heterocycles. The summed E-state index contributed by atoms with van der Waals surface area (Å²) in [6.45, 7) is 0.201. The van der Waals surface area contributed by atoms with Crippen molar-refractivity contribution in [1.82, 2.24) is 4.72 Å². The molecule has 4 nitrogen and oxygen atoms in total. The molecule has 0 aliphatic carbocycles. The highest BCUT2D eigenvalue weighted by Gasteiger charge is 2.24. The Morgan fingerprint density at radius 3 is 2.36 bits per heavy atom. The van der Waals surface area contributed by atoms with Crippen LogP contribution < -0.4 is 8.91 Å². The van der Waals surface area contributed by atoms with Crippen LogP contribution in [0.25, 0.3) is 22.3 Å². The number of rotatable bonds is 2. The minimum Gasteiger partial charge on any atom is -0.370 e. The first kappa shape index (κ1) is 15.8. The lowest BCUT2D eigenvalue weighted by Gasteiger charge is -2.20. The van der Waals surface area contributed by atoms with Crippen molar-refractivity contribution in [2.24, 2.45) is 0 Å². The second kappa shape index (κ2) is 5.98. The minimum atomic E-state index is -3.77. The van der Waals surface area contributed by atoms with Gasteiger partial charge in [0.25, 0.3) is 0 Å². The maximum Gasteiger partial charge on any atom is 0.382 e. The zero-order valence-corrected chi connectivity index (χ0v) is 13.9. The third-order valence-electron chi connectivity index (χ3n) is 4.08. The number of fused-ring (bicyclic) bond motifs is 1. The largest absolute Gasteiger partial charge is 0.382 e. The Morgan fingerprint density at radius 1 is 0.880 bits per heavy atom. The third-order valence-corrected chi connectivity index (χ3v) is 4.97. The van der Waals surface area contributed by atoms with E-state index in [1.165, 1.54) is 12.1 Å². The van der Waals surface area contributed by atoms with Crippen molar-refractivity contribution in [3.05, 3.63) is 78.1 Å². The summed E-state index contributed by atoms with van der Waals surface area (Å²) in [5, 5.41) is 0. The maximum atomic E-state index is 13.4. The van der Waals surface area contributed by atoms with Gasteiger partial charge in [0.05, 0.1) is 0 Å². The van der Waals surface area contributed by atoms with Crippen LogP contribution in [-0.2, 0) is 16.8 Å². The predicted molar refractivity (Wildman–Crippen MR) is 93.7 cm³/mol. The number of nitrogens with one attached hydrogen (secondary N) is 1. The fraction of sp³-hybridized carbons (Fsp3) is 0.0526. The predicted octanol–water partition coefficient (Wildman–Crippen LogP) is 3.89. The van der Waals surface area contributed by atoms with Crippen LogP contribution in [0.5, 0.6) is 5.75 Å². The molecular weight excluding hydrogens is 341 g/mol. The first-order valence-electron chi connectivity index (χ1n) is 7.69. The van der Waals surface area contributed by atoms with E-state index in [0.29, 0.717) is 11.3 Å². The lowest BCUT2D eigenvalue weighted by atomic mass is 9.98. The minimum absolute atomic E-state index is 0.201. The van der Waals surface area contributed by atoms with Gasteiger partial charge in [-0.1, -0.05) is 54.6 Å². The highest BCUT2D eigenvalue weighted by atomic mass is 32.2. The summed E-state index contributed by atoms with van der Waals surface area (Å²) in [6.07, 6.45) is 0. The molecule has 0 spiro atoms. The summed E-state index contributed by atoms with van der Waals surface area (Å²) in [4.78, 5) is 0. The van der Waals surface area contributed by atoms with E-state index in [9.17, 15) is 12.8 Å². The molecule has 0 saturated carbocycles. The Bertz CT molecular complexity index is 1050. The molecule has 0 aromatic heterocycles. The molecule has 3 aromatic rings. The second-order valence-corrected chi connectivity index (χ2v) is 7.10. The SMILES string of the molecule is O=S1(=O)NCc2cccc(-c3ccc(-c4cccc(F)c4)cc3)c2O1. The summed E-state index contributed by atoms with van der Waals surface area (Å²) in [6, 6.07) is 19.4. The Balaban J connectivity index is 1.74. The van der Waals surface area contributed by atoms with Crippen molar-refractivity contribution in [2.75, 3.05) is 0 Å². The summed E-state index contributed by atoms with van der Waals surface area (Å²) in [5.74, 6) is 0.0598. The smallest absolute Gasteiger partial charge is 0.370 e. The van der Waals surface area contributed by atoms with Gasteiger partial charge in [-0.15, -0.1) is 0 Å². The molecule has 126 valence electrons. The molecule has 1 aliphatic rings. The summed E-state index contributed by atoms with van der Waals surface area (Å²) >= 11 is 0. The van der Waals surface area contributed by atoms with Crippen molar-refractivity contribution in [3.8, 4) is 28.0 Å². The fourth-order valence-corrected chi connectivity index (χ4v) is 3.67. The number of hydrogen-bond acceptors (Lipinski definition) is 3. The van der Waals surface area contributed by atoms with Crippen LogP contribution in [0.15, 0.2) is 66.7 Å². The molecule has 0 unspecified atom stereocenters. The highest BCUT2D eigenvalue weighted by molar-refractivity contribution is 7.85. The quantitative estimate of drug-likeness (QED) is 0.759. The van der Waals surface area contributed by atoms with Gasteiger partial charge in [-0.05, 0) is 28.8 Å². The van der Waals surface area contributed by atoms with Gasteiger partial charge >= 0.3 is 10.3 Å². The van der Waals surface area contributed by atoms with E-state index in [-0.39, 0.29) is 12.4 Å². The molecule has 3 aromatic carbocycles. The van der Waals surface area contributed by atoms with Gasteiger partial charge in [-0.3, -0.25) is 0 Å². The first-order chi connectivity index (χ1) is 12.0. The molecule has 0 atom stereocenters. The summed E-state index contributed by atoms with van der Waals surface area (Å²) in [5.41, 5.74) is 3.97. The van der Waals surface area contributed by atoms with Gasteiger partial charge in [0.15, 0.2) is 5.75 Å². The van der Waals surface area contributed by atoms with Gasteiger partial charge in [-0.25, -0.2) is 4.39 Å². The van der Waals surface area contributed by atoms with Crippen LogP contribution in [-0.4, -0.2) is 8.42 Å². The van der Waals surface area contributed by atoms with Crippen molar-refractivity contribution in [1.29, 1.82) is 0 Å². The molecule has 0 fully saturated rings. The Hall–Kier alpha value is -2.70. The van der Waals surface area contributed by atoms with Crippen molar-refractivity contribution in [3.63, 3.8) is 0 Å². The molecule has 6 heteroatoms. The summed E-state index contributed by atoms with van der Waals surface area (Å²) < 4.78 is 44.3. The summed E-state index contributed by atoms with van der Waals surface area (Å²) in [7, 11) is -3.77. The molecule has 0 bridgehead atoms. The number of para-hydroxylation sites is 1. The van der Waals surface area contributed by atoms with Gasteiger partial charge in [-0.2, -0.15) is 13.1 Å². The standard InChI is InChI=1S/C19H14FNO3S/c20-17-5-1-3-15(11-17)13-7-9-14(10-8-13)18-6-2-4-16-12-21-25(22,23)24-19(16)18/h1-11,21H,12H2. The maximum absolute atomic E-state index is 13.4. The zero-order chi connectivity index (χ0) is 17.4. The van der Waals surface area contributed by atoms with Crippen LogP contribution in [0.1, 0.15) is 5.56 Å². The number of hydrogen-bond donors (Lipinski definition) is 1. The first-order valence-corrected chi connectivity index (χ1v) is 9.10. The van der Waals surface area contributed by atoms with Gasteiger partial charge in [0.1, 0.15) is 5.82 Å². The molecule has 0 amide bonds. The fourth-order valence-electron chi connectivity index (χ4n) is 2.87. The lowest BCUT2D eigenvalue weighted by Crippen LogP contribution is -2.32. The third kappa shape index (κ3) is 3.14. The average Bonchev–Trinajstić information content (AvgIpc) is 2.61. The molecule has 1 N–H and O–H groups in total. The molecule has 4 rings (SSSR count). The lowest BCUT2D eigenvalue weighted by molar-refractivity contribution is 0.454. The van der Waals surface area contributed by atoms with Crippen LogP contribution in [0.3, 0.4) is 0 Å². The molecule has 25 heavy (non-hydrogen) atoms. The van der Waals surface area contributed by atoms with E-state index in [1.54, 1.807) is 6.07 Å². The Labute approximate surface area is 145 Å². The van der Waals surface area contributed by atoms with E-state index in [0.717, 1.165) is 22.3 Å². The average molecular weight is 355 g/mol. The number of halogens is 1. The van der Waals surface area contributed by atoms with Crippen LogP contribution in [0.4, 0.5) is 4.39 Å². The number of benzene rings is 3. The zero-order valence-electron chi connectivity index (χ0n) is 13.1. The van der Waals surface area contributed by atoms with E-state index < -0.39 is 10.3 Å².